The molecule has 2 amide bonds. The molecule has 0 unspecified atom stereocenters. The first-order chi connectivity index (χ1) is 17.1. The highest BCUT2D eigenvalue weighted by molar-refractivity contribution is 5.85. The minimum absolute atomic E-state index is 0.00608. The van der Waals surface area contributed by atoms with Gasteiger partial charge in [-0.05, 0) is 36.8 Å². The Morgan fingerprint density at radius 1 is 1.22 bits per heavy atom. The zero-order valence-corrected chi connectivity index (χ0v) is 22.5. The van der Waals surface area contributed by atoms with Crippen LogP contribution in [0.15, 0.2) is 35.3 Å². The summed E-state index contributed by atoms with van der Waals surface area (Å²) in [5.41, 5.74) is 6.32. The lowest BCUT2D eigenvalue weighted by molar-refractivity contribution is -0.145. The fourth-order valence-corrected chi connectivity index (χ4v) is 5.03. The summed E-state index contributed by atoms with van der Waals surface area (Å²) in [5.74, 6) is -1.54. The summed E-state index contributed by atoms with van der Waals surface area (Å²) in [6.45, 7) is 8.73. The second kappa shape index (κ2) is 14.2. The van der Waals surface area contributed by atoms with Crippen molar-refractivity contribution < 1.29 is 29.0 Å². The average Bonchev–Trinajstić information content (AvgIpc) is 3.36. The molecule has 2 aliphatic rings. The van der Waals surface area contributed by atoms with E-state index < -0.39 is 29.9 Å². The second-order valence-electron chi connectivity index (χ2n) is 9.93. The van der Waals surface area contributed by atoms with E-state index in [0.29, 0.717) is 18.0 Å². The SMILES string of the molecule is CC[C@H](C)[C@H](C)[C@@H](CC(=O)N1CCC[C@H]1[C@H](OC)[C@@H](C)C(=O)N[C@@H](CC1=C=C=CC=C1)C(=O)O)OC. The third-order valence-corrected chi connectivity index (χ3v) is 7.73. The van der Waals surface area contributed by atoms with E-state index in [1.807, 2.05) is 4.90 Å². The Kier molecular flexibility index (Phi) is 11.7. The maximum atomic E-state index is 13.3. The average molecular weight is 503 g/mol. The van der Waals surface area contributed by atoms with Crippen molar-refractivity contribution in [1.29, 1.82) is 0 Å². The van der Waals surface area contributed by atoms with Crippen LogP contribution in [0.2, 0.25) is 0 Å². The summed E-state index contributed by atoms with van der Waals surface area (Å²) in [6, 6.07) is -1.37. The number of hydrogen-bond donors (Lipinski definition) is 2. The number of rotatable bonds is 14. The molecule has 7 atom stereocenters. The van der Waals surface area contributed by atoms with Crippen molar-refractivity contribution in [2.75, 3.05) is 20.8 Å². The monoisotopic (exact) mass is 502 g/mol. The molecule has 2 rings (SSSR count). The van der Waals surface area contributed by atoms with Crippen molar-refractivity contribution in [2.24, 2.45) is 17.8 Å². The smallest absolute Gasteiger partial charge is 0.326 e. The second-order valence-corrected chi connectivity index (χ2v) is 9.93. The summed E-state index contributed by atoms with van der Waals surface area (Å²) in [5, 5.41) is 12.3. The van der Waals surface area contributed by atoms with E-state index in [1.165, 1.54) is 7.11 Å². The molecule has 8 heteroatoms. The molecule has 1 fully saturated rings. The predicted molar refractivity (Wildman–Crippen MR) is 137 cm³/mol. The maximum absolute atomic E-state index is 13.3. The zero-order chi connectivity index (χ0) is 26.8. The van der Waals surface area contributed by atoms with Crippen molar-refractivity contribution in [3.8, 4) is 0 Å². The van der Waals surface area contributed by atoms with E-state index in [2.05, 4.69) is 37.6 Å². The van der Waals surface area contributed by atoms with Gasteiger partial charge in [-0.15, -0.1) is 0 Å². The van der Waals surface area contributed by atoms with Gasteiger partial charge in [0.2, 0.25) is 11.8 Å². The van der Waals surface area contributed by atoms with E-state index in [1.54, 1.807) is 32.3 Å². The number of carbonyl (C=O) groups excluding carboxylic acids is 2. The van der Waals surface area contributed by atoms with Crippen molar-refractivity contribution in [2.45, 2.75) is 84.1 Å². The van der Waals surface area contributed by atoms with Crippen LogP contribution in [-0.2, 0) is 23.9 Å². The minimum atomic E-state index is -1.12. The summed E-state index contributed by atoms with van der Waals surface area (Å²) < 4.78 is 11.4. The van der Waals surface area contributed by atoms with Gasteiger partial charge < -0.3 is 24.8 Å². The van der Waals surface area contributed by atoms with Crippen molar-refractivity contribution >= 4 is 17.8 Å². The van der Waals surface area contributed by atoms with Gasteiger partial charge in [-0.25, -0.2) is 4.79 Å². The highest BCUT2D eigenvalue weighted by atomic mass is 16.5. The number of likely N-dealkylation sites (tertiary alicyclic amines) is 1. The Bertz CT molecular complexity index is 915. The zero-order valence-electron chi connectivity index (χ0n) is 22.5. The van der Waals surface area contributed by atoms with E-state index >= 15 is 0 Å². The Balaban J connectivity index is 2.09. The number of ether oxygens (including phenoxy) is 2. The van der Waals surface area contributed by atoms with Gasteiger partial charge in [0.05, 0.1) is 30.6 Å². The van der Waals surface area contributed by atoms with Crippen LogP contribution < -0.4 is 5.32 Å². The first kappa shape index (κ1) is 29.6. The molecule has 0 bridgehead atoms. The van der Waals surface area contributed by atoms with Crippen LogP contribution in [0, 0.1) is 17.8 Å². The van der Waals surface area contributed by atoms with Crippen LogP contribution in [0.25, 0.3) is 0 Å². The van der Waals surface area contributed by atoms with Gasteiger partial charge >= 0.3 is 5.97 Å². The summed E-state index contributed by atoms with van der Waals surface area (Å²) >= 11 is 0. The lowest BCUT2D eigenvalue weighted by atomic mass is 9.87. The Hall–Kier alpha value is -2.63. The van der Waals surface area contributed by atoms with Crippen LogP contribution in [0.3, 0.4) is 0 Å². The topological polar surface area (TPSA) is 105 Å². The van der Waals surface area contributed by atoms with Crippen LogP contribution in [0.5, 0.6) is 0 Å². The highest BCUT2D eigenvalue weighted by Crippen LogP contribution is 2.29. The molecule has 1 aliphatic carbocycles. The van der Waals surface area contributed by atoms with Gasteiger partial charge in [-0.2, -0.15) is 0 Å². The number of amides is 2. The maximum Gasteiger partial charge on any atom is 0.326 e. The summed E-state index contributed by atoms with van der Waals surface area (Å²) in [6.07, 6.45) is 7.37. The highest BCUT2D eigenvalue weighted by Gasteiger charge is 2.41. The molecule has 0 radical (unpaired) electrons. The van der Waals surface area contributed by atoms with Crippen molar-refractivity contribution in [1.82, 2.24) is 10.2 Å². The number of carboxylic acid groups (broad SMARTS) is 1. The fourth-order valence-electron chi connectivity index (χ4n) is 5.03. The van der Waals surface area contributed by atoms with Crippen LogP contribution >= 0.6 is 0 Å². The molecule has 0 aromatic rings. The number of allylic oxidation sites excluding steroid dienone is 3. The summed E-state index contributed by atoms with van der Waals surface area (Å²) in [7, 11) is 3.18. The fraction of sp³-hybridized carbons (Fsp3) is 0.679. The molecule has 1 saturated heterocycles. The number of nitrogens with one attached hydrogen (secondary N) is 1. The van der Waals surface area contributed by atoms with Crippen LogP contribution in [0.4, 0.5) is 0 Å². The first-order valence-corrected chi connectivity index (χ1v) is 12.9. The van der Waals surface area contributed by atoms with Crippen LogP contribution in [-0.4, -0.2) is 72.8 Å². The number of hydrogen-bond acceptors (Lipinski definition) is 5. The van der Waals surface area contributed by atoms with E-state index in [-0.39, 0.29) is 36.8 Å². The van der Waals surface area contributed by atoms with Gasteiger partial charge in [0.1, 0.15) is 6.04 Å². The number of carboxylic acids is 1. The minimum Gasteiger partial charge on any atom is -0.480 e. The van der Waals surface area contributed by atoms with Crippen molar-refractivity contribution in [3.63, 3.8) is 0 Å². The third-order valence-electron chi connectivity index (χ3n) is 7.73. The Labute approximate surface area is 215 Å². The van der Waals surface area contributed by atoms with E-state index in [4.69, 9.17) is 9.47 Å². The predicted octanol–water partition coefficient (Wildman–Crippen LogP) is 3.48. The van der Waals surface area contributed by atoms with Gasteiger partial charge in [-0.1, -0.05) is 51.7 Å². The molecular weight excluding hydrogens is 460 g/mol. The third kappa shape index (κ3) is 7.68. The summed E-state index contributed by atoms with van der Waals surface area (Å²) in [4.78, 5) is 40.1. The molecule has 36 heavy (non-hydrogen) atoms. The molecule has 0 aromatic heterocycles. The molecule has 8 nitrogen and oxygen atoms in total. The number of aliphatic carboxylic acids is 1. The van der Waals surface area contributed by atoms with E-state index in [9.17, 15) is 19.5 Å². The van der Waals surface area contributed by atoms with Gasteiger partial charge in [0, 0.05) is 32.8 Å². The largest absolute Gasteiger partial charge is 0.480 e. The molecule has 0 saturated carbocycles. The molecule has 2 N–H and O–H groups in total. The standard InChI is InChI=1S/C28H42N2O6/c1-7-18(2)19(3)24(35-5)17-25(31)30-15-11-14-23(30)26(36-6)20(4)27(32)29-22(28(33)34)16-21-12-9-8-10-13-21/h8-9,12,18-20,22-24,26H,7,11,14-17H2,1-6H3,(H,29,32)(H,33,34)/t18-,19-,20+,22-,23-,24+,26+/m0/s1. The number of carbonyl (C=O) groups is 3. The van der Waals surface area contributed by atoms with Gasteiger partial charge in [-0.3, -0.25) is 9.59 Å². The Morgan fingerprint density at radius 2 is 1.94 bits per heavy atom. The van der Waals surface area contributed by atoms with Crippen LogP contribution in [0.1, 0.15) is 59.8 Å². The quantitative estimate of drug-likeness (QED) is 0.353. The number of methoxy groups -OCH3 is 2. The molecule has 0 aromatic carbocycles. The number of nitrogens with zero attached hydrogens (tertiary/aromatic N) is 1. The first-order valence-electron chi connectivity index (χ1n) is 12.9. The molecule has 1 aliphatic heterocycles. The lowest BCUT2D eigenvalue weighted by Gasteiger charge is -2.35. The normalized spacial score (nSPS) is 21.9. The van der Waals surface area contributed by atoms with Gasteiger partial charge in [0.25, 0.3) is 0 Å². The molecular formula is C28H42N2O6. The molecule has 0 spiro atoms. The molecule has 200 valence electrons. The lowest BCUT2D eigenvalue weighted by Crippen LogP contribution is -2.52. The van der Waals surface area contributed by atoms with Gasteiger partial charge in [0.15, 0.2) is 0 Å². The Morgan fingerprint density at radius 3 is 2.50 bits per heavy atom. The van der Waals surface area contributed by atoms with Crippen molar-refractivity contribution in [3.05, 3.63) is 35.3 Å². The van der Waals surface area contributed by atoms with E-state index in [0.717, 1.165) is 19.3 Å². The molecule has 1 heterocycles.